The zero-order chi connectivity index (χ0) is 10.3. The topological polar surface area (TPSA) is 38.9 Å². The molecule has 3 heteroatoms. The van der Waals surface area contributed by atoms with Gasteiger partial charge in [-0.15, -0.1) is 11.3 Å². The maximum Gasteiger partial charge on any atom is 0.114 e. The van der Waals surface area contributed by atoms with Crippen molar-refractivity contribution in [3.8, 4) is 11.3 Å². The van der Waals surface area contributed by atoms with Crippen LogP contribution in [0.4, 0.5) is 5.00 Å². The van der Waals surface area contributed by atoms with Gasteiger partial charge in [0.15, 0.2) is 0 Å². The molecule has 0 atom stereocenters. The Kier molecular flexibility index (Phi) is 1.99. The molecule has 15 heavy (non-hydrogen) atoms. The van der Waals surface area contributed by atoms with E-state index in [2.05, 4.69) is 29.2 Å². The molecule has 0 radical (unpaired) electrons. The van der Waals surface area contributed by atoms with Gasteiger partial charge in [0.25, 0.3) is 0 Å². The summed E-state index contributed by atoms with van der Waals surface area (Å²) in [5.41, 5.74) is 11.1. The van der Waals surface area contributed by atoms with Gasteiger partial charge in [0.2, 0.25) is 0 Å². The van der Waals surface area contributed by atoms with E-state index in [0.29, 0.717) is 0 Å². The lowest BCUT2D eigenvalue weighted by molar-refractivity contribution is 1.13. The van der Waals surface area contributed by atoms with Gasteiger partial charge in [0.1, 0.15) is 10.7 Å². The number of rotatable bonds is 2. The monoisotopic (exact) mass is 216 g/mol. The molecular formula is C12H12N2S. The van der Waals surface area contributed by atoms with Crippen molar-refractivity contribution in [3.63, 3.8) is 0 Å². The molecule has 1 heterocycles. The Hall–Kier alpha value is -1.35. The summed E-state index contributed by atoms with van der Waals surface area (Å²) >= 11 is 1.49. The van der Waals surface area contributed by atoms with Gasteiger partial charge in [-0.3, -0.25) is 0 Å². The lowest BCUT2D eigenvalue weighted by atomic mass is 10.1. The molecule has 0 bridgehead atoms. The Bertz CT molecular complexity index is 469. The third-order valence-electron chi connectivity index (χ3n) is 2.83. The molecule has 0 amide bonds. The van der Waals surface area contributed by atoms with Crippen LogP contribution in [0.2, 0.25) is 0 Å². The minimum absolute atomic E-state index is 0.800. The van der Waals surface area contributed by atoms with Crippen molar-refractivity contribution < 1.29 is 0 Å². The fourth-order valence-corrected chi connectivity index (χ4v) is 2.36. The van der Waals surface area contributed by atoms with Crippen LogP contribution in [0, 0.1) is 0 Å². The average Bonchev–Trinajstić information content (AvgIpc) is 3.02. The lowest BCUT2D eigenvalue weighted by Gasteiger charge is -2.01. The van der Waals surface area contributed by atoms with Gasteiger partial charge >= 0.3 is 0 Å². The Balaban J connectivity index is 1.96. The Morgan fingerprint density at radius 1 is 1.20 bits per heavy atom. The van der Waals surface area contributed by atoms with Crippen molar-refractivity contribution in [2.75, 3.05) is 5.73 Å². The predicted octanol–water partition coefficient (Wildman–Crippen LogP) is 3.27. The first-order valence-corrected chi connectivity index (χ1v) is 6.02. The highest BCUT2D eigenvalue weighted by molar-refractivity contribution is 7.14. The molecule has 1 aliphatic carbocycles. The van der Waals surface area contributed by atoms with Crippen molar-refractivity contribution in [3.05, 3.63) is 35.3 Å². The molecule has 1 aromatic heterocycles. The number of benzene rings is 1. The second-order valence-corrected chi connectivity index (χ2v) is 4.85. The number of nitrogens with zero attached hydrogens (tertiary/aromatic N) is 1. The van der Waals surface area contributed by atoms with E-state index < -0.39 is 0 Å². The van der Waals surface area contributed by atoms with Crippen LogP contribution < -0.4 is 5.73 Å². The number of anilines is 1. The second-order valence-electron chi connectivity index (χ2n) is 3.96. The summed E-state index contributed by atoms with van der Waals surface area (Å²) in [7, 11) is 0. The minimum Gasteiger partial charge on any atom is -0.389 e. The first-order chi connectivity index (χ1) is 7.34. The summed E-state index contributed by atoms with van der Waals surface area (Å²) in [5.74, 6) is 0.812. The van der Waals surface area contributed by atoms with Crippen LogP contribution in [-0.4, -0.2) is 4.98 Å². The van der Waals surface area contributed by atoms with Crippen LogP contribution in [0.1, 0.15) is 24.3 Å². The first kappa shape index (κ1) is 8.92. The number of thiazole rings is 1. The van der Waals surface area contributed by atoms with E-state index >= 15 is 0 Å². The van der Waals surface area contributed by atoms with Gasteiger partial charge in [-0.1, -0.05) is 24.3 Å². The molecule has 0 aliphatic heterocycles. The van der Waals surface area contributed by atoms with Crippen LogP contribution >= 0.6 is 11.3 Å². The lowest BCUT2D eigenvalue weighted by Crippen LogP contribution is -1.86. The van der Waals surface area contributed by atoms with Crippen molar-refractivity contribution in [1.29, 1.82) is 0 Å². The third kappa shape index (κ3) is 1.63. The van der Waals surface area contributed by atoms with E-state index in [4.69, 9.17) is 5.73 Å². The second kappa shape index (κ2) is 3.35. The molecule has 2 aromatic rings. The normalized spacial score (nSPS) is 15.5. The summed E-state index contributed by atoms with van der Waals surface area (Å²) in [4.78, 5) is 4.27. The highest BCUT2D eigenvalue weighted by Crippen LogP contribution is 2.40. The van der Waals surface area contributed by atoms with Crippen LogP contribution in [0.25, 0.3) is 11.3 Å². The number of nitrogen functional groups attached to an aromatic ring is 1. The Morgan fingerprint density at radius 3 is 2.47 bits per heavy atom. The van der Waals surface area contributed by atoms with Crippen LogP contribution in [0.5, 0.6) is 0 Å². The molecule has 1 saturated carbocycles. The smallest absolute Gasteiger partial charge is 0.114 e. The predicted molar refractivity (Wildman–Crippen MR) is 63.9 cm³/mol. The summed E-state index contributed by atoms with van der Waals surface area (Å²) in [6.45, 7) is 0. The third-order valence-corrected chi connectivity index (χ3v) is 3.49. The molecule has 3 rings (SSSR count). The molecule has 0 unspecified atom stereocenters. The number of nitrogens with two attached hydrogens (primary N) is 1. The molecule has 1 fully saturated rings. The number of hydrogen-bond acceptors (Lipinski definition) is 3. The van der Waals surface area contributed by atoms with Gasteiger partial charge in [0, 0.05) is 5.56 Å². The van der Waals surface area contributed by atoms with E-state index in [1.165, 1.54) is 29.7 Å². The SMILES string of the molecule is Nc1scnc1-c1ccc(C2CC2)cc1. The van der Waals surface area contributed by atoms with Gasteiger partial charge in [-0.25, -0.2) is 4.98 Å². The van der Waals surface area contributed by atoms with Crippen molar-refractivity contribution >= 4 is 16.3 Å². The standard InChI is InChI=1S/C12H12N2S/c13-12-11(14-7-15-12)10-5-3-9(4-6-10)8-1-2-8/h3-8H,1-2,13H2. The van der Waals surface area contributed by atoms with Crippen molar-refractivity contribution in [2.24, 2.45) is 0 Å². The number of aromatic nitrogens is 1. The highest BCUT2D eigenvalue weighted by atomic mass is 32.1. The van der Waals surface area contributed by atoms with Crippen molar-refractivity contribution in [2.45, 2.75) is 18.8 Å². The first-order valence-electron chi connectivity index (χ1n) is 5.14. The molecule has 2 N–H and O–H groups in total. The summed E-state index contributed by atoms with van der Waals surface area (Å²) in [6, 6.07) is 8.65. The van der Waals surface area contributed by atoms with Crippen LogP contribution in [0.3, 0.4) is 0 Å². The fraction of sp³-hybridized carbons (Fsp3) is 0.250. The summed E-state index contributed by atoms with van der Waals surface area (Å²) < 4.78 is 0. The maximum atomic E-state index is 5.84. The van der Waals surface area contributed by atoms with Crippen LogP contribution in [-0.2, 0) is 0 Å². The molecule has 76 valence electrons. The zero-order valence-electron chi connectivity index (χ0n) is 8.31. The quantitative estimate of drug-likeness (QED) is 0.836. The largest absolute Gasteiger partial charge is 0.389 e. The maximum absolute atomic E-state index is 5.84. The number of hydrogen-bond donors (Lipinski definition) is 1. The van der Waals surface area contributed by atoms with E-state index in [0.717, 1.165) is 22.2 Å². The van der Waals surface area contributed by atoms with Gasteiger partial charge in [-0.05, 0) is 24.3 Å². The van der Waals surface area contributed by atoms with Crippen LogP contribution in [0.15, 0.2) is 29.8 Å². The van der Waals surface area contributed by atoms with E-state index in [-0.39, 0.29) is 0 Å². The molecular weight excluding hydrogens is 204 g/mol. The van der Waals surface area contributed by atoms with Gasteiger partial charge < -0.3 is 5.73 Å². The molecule has 2 nitrogen and oxygen atoms in total. The average molecular weight is 216 g/mol. The van der Waals surface area contributed by atoms with E-state index in [1.807, 2.05) is 0 Å². The summed E-state index contributed by atoms with van der Waals surface area (Å²) in [5, 5.41) is 0.800. The van der Waals surface area contributed by atoms with E-state index in [1.54, 1.807) is 5.51 Å². The van der Waals surface area contributed by atoms with Crippen molar-refractivity contribution in [1.82, 2.24) is 4.98 Å². The highest BCUT2D eigenvalue weighted by Gasteiger charge is 2.23. The summed E-state index contributed by atoms with van der Waals surface area (Å²) in [6.07, 6.45) is 2.69. The van der Waals surface area contributed by atoms with Gasteiger partial charge in [-0.2, -0.15) is 0 Å². The Labute approximate surface area is 92.8 Å². The molecule has 0 spiro atoms. The minimum atomic E-state index is 0.800. The fourth-order valence-electron chi connectivity index (χ4n) is 1.80. The van der Waals surface area contributed by atoms with E-state index in [9.17, 15) is 0 Å². The molecule has 1 aliphatic rings. The van der Waals surface area contributed by atoms with Gasteiger partial charge in [0.05, 0.1) is 5.51 Å². The molecule has 0 saturated heterocycles. The Morgan fingerprint density at radius 2 is 1.93 bits per heavy atom. The molecule has 1 aromatic carbocycles. The zero-order valence-corrected chi connectivity index (χ0v) is 9.13.